The van der Waals surface area contributed by atoms with Crippen LogP contribution in [0, 0.1) is 11.3 Å². The Labute approximate surface area is 140 Å². The summed E-state index contributed by atoms with van der Waals surface area (Å²) in [6.07, 6.45) is 4.80. The molecule has 118 valence electrons. The zero-order valence-electron chi connectivity index (χ0n) is 13.0. The van der Waals surface area contributed by atoms with E-state index in [9.17, 15) is 10.1 Å². The summed E-state index contributed by atoms with van der Waals surface area (Å²) in [4.78, 5) is 26.6. The van der Waals surface area contributed by atoms with E-state index in [1.807, 2.05) is 24.5 Å². The quantitative estimate of drug-likeness (QED) is 0.522. The highest BCUT2D eigenvalue weighted by molar-refractivity contribution is 7.98. The lowest BCUT2D eigenvalue weighted by atomic mass is 10.2. The molecule has 0 amide bonds. The highest BCUT2D eigenvalue weighted by Gasteiger charge is 2.21. The Hall–Kier alpha value is -2.92. The van der Waals surface area contributed by atoms with Gasteiger partial charge in [0.1, 0.15) is 17.8 Å². The zero-order valence-corrected chi connectivity index (χ0v) is 13.8. The molecule has 0 aliphatic heterocycles. The van der Waals surface area contributed by atoms with Crippen LogP contribution in [0.25, 0.3) is 27.6 Å². The lowest BCUT2D eigenvalue weighted by Crippen LogP contribution is -2.23. The second kappa shape index (κ2) is 5.32. The monoisotopic (exact) mass is 336 g/mol. The zero-order chi connectivity index (χ0) is 16.8. The summed E-state index contributed by atoms with van der Waals surface area (Å²) in [6, 6.07) is 7.47. The van der Waals surface area contributed by atoms with Crippen molar-refractivity contribution in [3.05, 3.63) is 41.1 Å². The summed E-state index contributed by atoms with van der Waals surface area (Å²) >= 11 is 1.57. The minimum Gasteiger partial charge on any atom is -0.266 e. The number of nitriles is 1. The number of hydrogen-bond donors (Lipinski definition) is 0. The molecule has 0 radical (unpaired) electrons. The van der Waals surface area contributed by atoms with Gasteiger partial charge in [0.25, 0.3) is 5.56 Å². The van der Waals surface area contributed by atoms with E-state index in [4.69, 9.17) is 0 Å². The molecule has 1 atom stereocenters. The molecule has 0 bridgehead atoms. The maximum Gasteiger partial charge on any atom is 0.284 e. The van der Waals surface area contributed by atoms with Gasteiger partial charge in [0, 0.05) is 11.1 Å². The highest BCUT2D eigenvalue weighted by atomic mass is 32.2. The Morgan fingerprint density at radius 3 is 2.96 bits per heavy atom. The van der Waals surface area contributed by atoms with Gasteiger partial charge >= 0.3 is 0 Å². The van der Waals surface area contributed by atoms with Crippen LogP contribution < -0.4 is 5.56 Å². The van der Waals surface area contributed by atoms with Crippen LogP contribution in [0.4, 0.5) is 0 Å². The first kappa shape index (κ1) is 14.7. The topological polar surface area (TPSA) is 88.9 Å². The van der Waals surface area contributed by atoms with Crippen molar-refractivity contribution in [1.29, 1.82) is 5.26 Å². The van der Waals surface area contributed by atoms with Crippen LogP contribution >= 0.6 is 11.8 Å². The van der Waals surface area contributed by atoms with Crippen LogP contribution in [-0.2, 0) is 0 Å². The third kappa shape index (κ3) is 1.85. The molecule has 0 saturated carbocycles. The van der Waals surface area contributed by atoms with Crippen LogP contribution in [0.5, 0.6) is 0 Å². The predicted molar refractivity (Wildman–Crippen MR) is 92.2 cm³/mol. The summed E-state index contributed by atoms with van der Waals surface area (Å²) in [5, 5.41) is 10.6. The van der Waals surface area contributed by atoms with E-state index in [0.717, 1.165) is 15.8 Å². The third-order valence-corrected chi connectivity index (χ3v) is 4.77. The van der Waals surface area contributed by atoms with Gasteiger partial charge in [-0.2, -0.15) is 9.78 Å². The molecule has 8 heteroatoms. The first-order valence-corrected chi connectivity index (χ1v) is 8.49. The summed E-state index contributed by atoms with van der Waals surface area (Å²) in [5.41, 5.74) is 1.38. The normalized spacial score (nSPS) is 12.7. The number of hydrogen-bond acceptors (Lipinski definition) is 6. The van der Waals surface area contributed by atoms with Crippen LogP contribution in [0.2, 0.25) is 0 Å². The van der Waals surface area contributed by atoms with E-state index in [2.05, 4.69) is 21.0 Å². The Kier molecular flexibility index (Phi) is 3.25. The molecule has 0 N–H and O–H groups in total. The molecule has 1 unspecified atom stereocenters. The van der Waals surface area contributed by atoms with E-state index in [1.165, 1.54) is 17.0 Å². The van der Waals surface area contributed by atoms with Crippen LogP contribution in [-0.4, -0.2) is 30.4 Å². The molecular formula is C16H12N6OS. The minimum absolute atomic E-state index is 0.277. The highest BCUT2D eigenvalue weighted by Crippen LogP contribution is 2.32. The average molecular weight is 336 g/mol. The maximum absolute atomic E-state index is 13.0. The van der Waals surface area contributed by atoms with Gasteiger partial charge in [-0.15, -0.1) is 11.8 Å². The van der Waals surface area contributed by atoms with Crippen LogP contribution in [0.1, 0.15) is 13.0 Å². The number of fused-ring (bicyclic) bond motifs is 4. The summed E-state index contributed by atoms with van der Waals surface area (Å²) in [5.74, 6) is 0. The summed E-state index contributed by atoms with van der Waals surface area (Å²) in [7, 11) is 0. The Balaban J connectivity index is 2.37. The molecule has 0 fully saturated rings. The number of nitrogens with zero attached hydrogens (tertiary/aromatic N) is 6. The van der Waals surface area contributed by atoms with Gasteiger partial charge in [-0.3, -0.25) is 9.48 Å². The second-order valence-corrected chi connectivity index (χ2v) is 6.16. The van der Waals surface area contributed by atoms with Crippen LogP contribution in [0.15, 0.2) is 40.4 Å². The van der Waals surface area contributed by atoms with Crippen molar-refractivity contribution in [2.24, 2.45) is 0 Å². The number of aromatic nitrogens is 5. The molecule has 0 spiro atoms. The Morgan fingerprint density at radius 1 is 1.38 bits per heavy atom. The van der Waals surface area contributed by atoms with Crippen molar-refractivity contribution in [3.8, 4) is 6.07 Å². The maximum atomic E-state index is 13.0. The van der Waals surface area contributed by atoms with Crippen molar-refractivity contribution in [2.75, 3.05) is 6.26 Å². The van der Waals surface area contributed by atoms with E-state index in [-0.39, 0.29) is 5.56 Å². The van der Waals surface area contributed by atoms with Gasteiger partial charge in [0.05, 0.1) is 17.0 Å². The van der Waals surface area contributed by atoms with E-state index < -0.39 is 6.04 Å². The average Bonchev–Trinajstić information content (AvgIpc) is 2.96. The fourth-order valence-electron chi connectivity index (χ4n) is 2.93. The van der Waals surface area contributed by atoms with Crippen molar-refractivity contribution in [1.82, 2.24) is 24.1 Å². The Morgan fingerprint density at radius 2 is 2.21 bits per heavy atom. The van der Waals surface area contributed by atoms with Crippen LogP contribution in [0.3, 0.4) is 0 Å². The fourth-order valence-corrected chi connectivity index (χ4v) is 3.55. The van der Waals surface area contributed by atoms with E-state index in [0.29, 0.717) is 16.7 Å². The predicted octanol–water partition coefficient (Wildman–Crippen LogP) is 2.40. The molecular weight excluding hydrogens is 324 g/mol. The van der Waals surface area contributed by atoms with Crippen molar-refractivity contribution >= 4 is 39.3 Å². The van der Waals surface area contributed by atoms with Gasteiger partial charge in [-0.1, -0.05) is 6.07 Å². The number of rotatable bonds is 2. The number of thioether (sulfide) groups is 1. The lowest BCUT2D eigenvalue weighted by molar-refractivity contribution is 0.566. The summed E-state index contributed by atoms with van der Waals surface area (Å²) < 4.78 is 3.15. The molecule has 1 aromatic carbocycles. The number of benzene rings is 1. The van der Waals surface area contributed by atoms with E-state index >= 15 is 0 Å². The molecule has 4 aromatic rings. The first-order valence-electron chi connectivity index (χ1n) is 7.26. The smallest absolute Gasteiger partial charge is 0.266 e. The molecule has 3 heterocycles. The van der Waals surface area contributed by atoms with E-state index in [1.54, 1.807) is 23.4 Å². The standard InChI is InChI=1S/C16H12N6OS/c1-9(6-17)21-11-4-3-5-12(24-2)13(11)15-20-14-10(7-18-8-19-14)16(23)22(15)21/h3-5,7-9H,1-2H3. The molecule has 0 saturated heterocycles. The van der Waals surface area contributed by atoms with Gasteiger partial charge in [0.2, 0.25) is 0 Å². The molecule has 3 aromatic heterocycles. The lowest BCUT2D eigenvalue weighted by Gasteiger charge is -2.09. The Bertz CT molecular complexity index is 1200. The fraction of sp³-hybridized carbons (Fsp3) is 0.188. The third-order valence-electron chi connectivity index (χ3n) is 3.99. The van der Waals surface area contributed by atoms with Crippen molar-refractivity contribution in [2.45, 2.75) is 17.9 Å². The SMILES string of the molecule is CSc1cccc2c1c1nc3ncncc3c(=O)n1n2C(C)C#N. The largest absolute Gasteiger partial charge is 0.284 e. The van der Waals surface area contributed by atoms with Gasteiger partial charge in [0.15, 0.2) is 11.3 Å². The first-order chi connectivity index (χ1) is 11.7. The van der Waals surface area contributed by atoms with Gasteiger partial charge in [-0.05, 0) is 25.3 Å². The molecule has 7 nitrogen and oxygen atoms in total. The van der Waals surface area contributed by atoms with Gasteiger partial charge in [-0.25, -0.2) is 15.0 Å². The van der Waals surface area contributed by atoms with Crippen molar-refractivity contribution < 1.29 is 0 Å². The second-order valence-electron chi connectivity index (χ2n) is 5.32. The molecule has 0 aliphatic carbocycles. The molecule has 0 aliphatic rings. The molecule has 4 rings (SSSR count). The van der Waals surface area contributed by atoms with Crippen molar-refractivity contribution in [3.63, 3.8) is 0 Å². The molecule has 24 heavy (non-hydrogen) atoms. The van der Waals surface area contributed by atoms with Gasteiger partial charge < -0.3 is 0 Å². The minimum atomic E-state index is -0.524. The summed E-state index contributed by atoms with van der Waals surface area (Å²) in [6.45, 7) is 1.75.